The quantitative estimate of drug-likeness (QED) is 0.429. The SMILES string of the molecule is CCCNC(=O)NCCCCCNC(=O)CNC(C)=O. The summed E-state index contributed by atoms with van der Waals surface area (Å²) in [6.45, 7) is 5.30. The van der Waals surface area contributed by atoms with E-state index in [1.807, 2.05) is 6.92 Å². The third-order valence-electron chi connectivity index (χ3n) is 2.49. The molecule has 0 bridgehead atoms. The van der Waals surface area contributed by atoms with Crippen LogP contribution in [0.3, 0.4) is 0 Å². The van der Waals surface area contributed by atoms with Gasteiger partial charge in [0.15, 0.2) is 0 Å². The van der Waals surface area contributed by atoms with Crippen LogP contribution in [-0.4, -0.2) is 44.0 Å². The fourth-order valence-corrected chi connectivity index (χ4v) is 1.42. The minimum atomic E-state index is -0.215. The number of nitrogens with one attached hydrogen (secondary N) is 4. The van der Waals surface area contributed by atoms with E-state index in [-0.39, 0.29) is 24.4 Å². The lowest BCUT2D eigenvalue weighted by Gasteiger charge is -2.07. The number of carbonyl (C=O) groups excluding carboxylic acids is 3. The molecule has 0 aliphatic carbocycles. The van der Waals surface area contributed by atoms with Gasteiger partial charge in [-0.15, -0.1) is 0 Å². The van der Waals surface area contributed by atoms with Gasteiger partial charge in [-0.3, -0.25) is 9.59 Å². The van der Waals surface area contributed by atoms with Gasteiger partial charge >= 0.3 is 6.03 Å². The van der Waals surface area contributed by atoms with Crippen LogP contribution in [0.25, 0.3) is 0 Å². The number of hydrogen-bond donors (Lipinski definition) is 4. The summed E-state index contributed by atoms with van der Waals surface area (Å²) in [7, 11) is 0. The summed E-state index contributed by atoms with van der Waals surface area (Å²) in [5.74, 6) is -0.398. The third kappa shape index (κ3) is 12.7. The van der Waals surface area contributed by atoms with Crippen molar-refractivity contribution >= 4 is 17.8 Å². The number of hydrogen-bond acceptors (Lipinski definition) is 3. The van der Waals surface area contributed by atoms with Crippen LogP contribution in [0.4, 0.5) is 4.79 Å². The third-order valence-corrected chi connectivity index (χ3v) is 2.49. The Labute approximate surface area is 120 Å². The Morgan fingerprint density at radius 3 is 2.00 bits per heavy atom. The molecule has 0 aliphatic heterocycles. The van der Waals surface area contributed by atoms with Crippen LogP contribution in [-0.2, 0) is 9.59 Å². The Morgan fingerprint density at radius 1 is 0.800 bits per heavy atom. The largest absolute Gasteiger partial charge is 0.355 e. The topological polar surface area (TPSA) is 99.3 Å². The average molecular weight is 286 g/mol. The molecule has 7 heteroatoms. The Balaban J connectivity index is 3.30. The summed E-state index contributed by atoms with van der Waals surface area (Å²) in [4.78, 5) is 33.0. The molecule has 0 radical (unpaired) electrons. The second kappa shape index (κ2) is 12.3. The molecule has 0 atom stereocenters. The van der Waals surface area contributed by atoms with Gasteiger partial charge in [0.25, 0.3) is 0 Å². The molecule has 0 aromatic heterocycles. The Morgan fingerprint density at radius 2 is 1.40 bits per heavy atom. The lowest BCUT2D eigenvalue weighted by molar-refractivity contribution is -0.125. The fraction of sp³-hybridized carbons (Fsp3) is 0.769. The van der Waals surface area contributed by atoms with Crippen molar-refractivity contribution in [2.75, 3.05) is 26.2 Å². The van der Waals surface area contributed by atoms with Crippen LogP contribution >= 0.6 is 0 Å². The van der Waals surface area contributed by atoms with Gasteiger partial charge in [-0.05, 0) is 25.7 Å². The first-order valence-electron chi connectivity index (χ1n) is 7.09. The molecule has 0 heterocycles. The minimum Gasteiger partial charge on any atom is -0.355 e. The molecular formula is C13H26N4O3. The van der Waals surface area contributed by atoms with Crippen molar-refractivity contribution < 1.29 is 14.4 Å². The van der Waals surface area contributed by atoms with Crippen LogP contribution in [0.15, 0.2) is 0 Å². The molecule has 20 heavy (non-hydrogen) atoms. The van der Waals surface area contributed by atoms with Crippen LogP contribution in [0.2, 0.25) is 0 Å². The van der Waals surface area contributed by atoms with Gasteiger partial charge < -0.3 is 21.3 Å². The van der Waals surface area contributed by atoms with Crippen molar-refractivity contribution in [2.45, 2.75) is 39.5 Å². The Hall–Kier alpha value is -1.79. The first kappa shape index (κ1) is 18.2. The molecule has 7 nitrogen and oxygen atoms in total. The first-order valence-corrected chi connectivity index (χ1v) is 7.09. The molecule has 0 saturated heterocycles. The minimum absolute atomic E-state index is 0.0223. The van der Waals surface area contributed by atoms with Gasteiger partial charge in [0.2, 0.25) is 11.8 Å². The average Bonchev–Trinajstić information content (AvgIpc) is 2.41. The standard InChI is InChI=1S/C13H26N4O3/c1-3-7-15-13(20)16-9-6-4-5-8-14-12(19)10-17-11(2)18/h3-10H2,1-2H3,(H,14,19)(H,17,18)(H2,15,16,20). The van der Waals surface area contributed by atoms with E-state index in [0.717, 1.165) is 25.7 Å². The van der Waals surface area contributed by atoms with Crippen molar-refractivity contribution in [3.63, 3.8) is 0 Å². The van der Waals surface area contributed by atoms with Gasteiger partial charge in [0, 0.05) is 26.6 Å². The maximum Gasteiger partial charge on any atom is 0.314 e. The van der Waals surface area contributed by atoms with Gasteiger partial charge in [-0.25, -0.2) is 4.79 Å². The van der Waals surface area contributed by atoms with E-state index >= 15 is 0 Å². The highest BCUT2D eigenvalue weighted by atomic mass is 16.2. The molecule has 0 aromatic carbocycles. The summed E-state index contributed by atoms with van der Waals surface area (Å²) >= 11 is 0. The van der Waals surface area contributed by atoms with Crippen molar-refractivity contribution in [2.24, 2.45) is 0 Å². The van der Waals surface area contributed by atoms with Crippen molar-refractivity contribution in [1.82, 2.24) is 21.3 Å². The second-order valence-corrected chi connectivity index (χ2v) is 4.50. The van der Waals surface area contributed by atoms with E-state index in [0.29, 0.717) is 19.6 Å². The molecular weight excluding hydrogens is 260 g/mol. The maximum atomic E-state index is 11.2. The Bertz CT molecular complexity index is 308. The van der Waals surface area contributed by atoms with Crippen LogP contribution in [0.1, 0.15) is 39.5 Å². The molecule has 0 rings (SSSR count). The van der Waals surface area contributed by atoms with Crippen LogP contribution in [0.5, 0.6) is 0 Å². The van der Waals surface area contributed by atoms with E-state index in [4.69, 9.17) is 0 Å². The van der Waals surface area contributed by atoms with Crippen molar-refractivity contribution in [3.8, 4) is 0 Å². The first-order chi connectivity index (χ1) is 9.56. The highest BCUT2D eigenvalue weighted by Gasteiger charge is 2.01. The highest BCUT2D eigenvalue weighted by molar-refractivity contribution is 5.83. The zero-order valence-corrected chi connectivity index (χ0v) is 12.4. The smallest absolute Gasteiger partial charge is 0.314 e. The van der Waals surface area contributed by atoms with Gasteiger partial charge in [0.1, 0.15) is 0 Å². The number of urea groups is 1. The number of rotatable bonds is 10. The lowest BCUT2D eigenvalue weighted by atomic mass is 10.2. The summed E-state index contributed by atoms with van der Waals surface area (Å²) in [5, 5.41) is 10.6. The van der Waals surface area contributed by atoms with Gasteiger partial charge in [-0.1, -0.05) is 6.92 Å². The molecule has 0 fully saturated rings. The molecule has 0 aromatic rings. The zero-order valence-electron chi connectivity index (χ0n) is 12.4. The van der Waals surface area contributed by atoms with Crippen molar-refractivity contribution in [3.05, 3.63) is 0 Å². The van der Waals surface area contributed by atoms with Gasteiger partial charge in [-0.2, -0.15) is 0 Å². The molecule has 0 saturated carbocycles. The lowest BCUT2D eigenvalue weighted by Crippen LogP contribution is -2.37. The highest BCUT2D eigenvalue weighted by Crippen LogP contribution is 1.92. The molecule has 4 amide bonds. The van der Waals surface area contributed by atoms with E-state index in [1.54, 1.807) is 0 Å². The van der Waals surface area contributed by atoms with E-state index in [9.17, 15) is 14.4 Å². The van der Waals surface area contributed by atoms with E-state index < -0.39 is 0 Å². The normalized spacial score (nSPS) is 9.70. The van der Waals surface area contributed by atoms with Crippen molar-refractivity contribution in [1.29, 1.82) is 0 Å². The maximum absolute atomic E-state index is 11.2. The summed E-state index contributed by atoms with van der Waals surface area (Å²) in [6, 6.07) is -0.129. The monoisotopic (exact) mass is 286 g/mol. The number of unbranched alkanes of at least 4 members (excludes halogenated alkanes) is 2. The fourth-order valence-electron chi connectivity index (χ4n) is 1.42. The van der Waals surface area contributed by atoms with Crippen LogP contribution in [0, 0.1) is 0 Å². The second-order valence-electron chi connectivity index (χ2n) is 4.50. The zero-order chi connectivity index (χ0) is 15.2. The molecule has 0 aliphatic rings. The molecule has 0 spiro atoms. The summed E-state index contributed by atoms with van der Waals surface area (Å²) in [5.41, 5.74) is 0. The molecule has 0 unspecified atom stereocenters. The number of carbonyl (C=O) groups is 3. The van der Waals surface area contributed by atoms with E-state index in [2.05, 4.69) is 21.3 Å². The van der Waals surface area contributed by atoms with Gasteiger partial charge in [0.05, 0.1) is 6.54 Å². The summed E-state index contributed by atoms with van der Waals surface area (Å²) in [6.07, 6.45) is 3.57. The van der Waals surface area contributed by atoms with Crippen LogP contribution < -0.4 is 21.3 Å². The molecule has 116 valence electrons. The van der Waals surface area contributed by atoms with E-state index in [1.165, 1.54) is 6.92 Å². The number of amides is 4. The predicted octanol–water partition coefficient (Wildman–Crippen LogP) is 0.118. The Kier molecular flexibility index (Phi) is 11.2. The summed E-state index contributed by atoms with van der Waals surface area (Å²) < 4.78 is 0. The predicted molar refractivity (Wildman–Crippen MR) is 77.2 cm³/mol. The molecule has 4 N–H and O–H groups in total.